The molecule has 0 aromatic heterocycles. The van der Waals surface area contributed by atoms with Gasteiger partial charge >= 0.3 is 0 Å². The molecule has 0 spiro atoms. The highest BCUT2D eigenvalue weighted by Gasteiger charge is 2.23. The number of likely N-dealkylation sites (tertiary alicyclic amines) is 1. The number of carbonyl (C=O) groups excluding carboxylic acids is 1. The van der Waals surface area contributed by atoms with Gasteiger partial charge in [0.05, 0.1) is 5.56 Å². The Morgan fingerprint density at radius 2 is 2.32 bits per heavy atom. The molecular formula is C14H20BrN3O. The minimum atomic E-state index is -0.000414. The van der Waals surface area contributed by atoms with Crippen LogP contribution < -0.4 is 5.73 Å². The number of nitrogens with two attached hydrogens (primary N) is 1. The van der Waals surface area contributed by atoms with Crippen LogP contribution in [0.1, 0.15) is 16.8 Å². The molecule has 1 aromatic rings. The van der Waals surface area contributed by atoms with Crippen molar-refractivity contribution in [3.63, 3.8) is 0 Å². The van der Waals surface area contributed by atoms with E-state index in [2.05, 4.69) is 27.9 Å². The van der Waals surface area contributed by atoms with Crippen molar-refractivity contribution in [3.05, 3.63) is 28.2 Å². The second-order valence-corrected chi connectivity index (χ2v) is 6.25. The molecule has 19 heavy (non-hydrogen) atoms. The second kappa shape index (κ2) is 5.92. The number of amides is 1. The summed E-state index contributed by atoms with van der Waals surface area (Å²) >= 11 is 3.35. The molecule has 1 atom stereocenters. The molecule has 5 heteroatoms. The van der Waals surface area contributed by atoms with Crippen molar-refractivity contribution < 1.29 is 4.79 Å². The van der Waals surface area contributed by atoms with Crippen LogP contribution in [0, 0.1) is 5.92 Å². The van der Waals surface area contributed by atoms with E-state index in [0.29, 0.717) is 17.2 Å². The predicted molar refractivity (Wildman–Crippen MR) is 81.1 cm³/mol. The van der Waals surface area contributed by atoms with Gasteiger partial charge in [0.15, 0.2) is 0 Å². The average Bonchev–Trinajstić information content (AvgIpc) is 2.74. The first-order valence-electron chi connectivity index (χ1n) is 6.46. The number of nitrogens with zero attached hydrogens (tertiary/aromatic N) is 2. The monoisotopic (exact) mass is 325 g/mol. The summed E-state index contributed by atoms with van der Waals surface area (Å²) in [7, 11) is 3.97. The smallest absolute Gasteiger partial charge is 0.255 e. The van der Waals surface area contributed by atoms with Crippen molar-refractivity contribution in [2.24, 2.45) is 5.92 Å². The lowest BCUT2D eigenvalue weighted by atomic mass is 10.1. The molecule has 0 bridgehead atoms. The van der Waals surface area contributed by atoms with Gasteiger partial charge in [-0.15, -0.1) is 0 Å². The number of hydrogen-bond acceptors (Lipinski definition) is 3. The molecule has 2 N–H and O–H groups in total. The van der Waals surface area contributed by atoms with Crippen molar-refractivity contribution >= 4 is 27.5 Å². The molecule has 1 aromatic carbocycles. The minimum absolute atomic E-state index is 0.000414. The maximum Gasteiger partial charge on any atom is 0.255 e. The molecule has 4 nitrogen and oxygen atoms in total. The highest BCUT2D eigenvalue weighted by atomic mass is 79.9. The van der Waals surface area contributed by atoms with E-state index < -0.39 is 0 Å². The summed E-state index contributed by atoms with van der Waals surface area (Å²) in [5.74, 6) is 0.565. The summed E-state index contributed by atoms with van der Waals surface area (Å²) in [5, 5.41) is 0. The average molecular weight is 326 g/mol. The van der Waals surface area contributed by atoms with Crippen molar-refractivity contribution in [2.45, 2.75) is 6.42 Å². The highest BCUT2D eigenvalue weighted by molar-refractivity contribution is 9.10. The Kier molecular flexibility index (Phi) is 4.47. The number of carbonyl (C=O) groups is 1. The molecule has 2 rings (SSSR count). The zero-order valence-electron chi connectivity index (χ0n) is 11.4. The Labute approximate surface area is 122 Å². The van der Waals surface area contributed by atoms with Gasteiger partial charge < -0.3 is 15.5 Å². The van der Waals surface area contributed by atoms with E-state index in [9.17, 15) is 4.79 Å². The van der Waals surface area contributed by atoms with Crippen LogP contribution in [-0.4, -0.2) is 49.4 Å². The molecule has 1 amide bonds. The fourth-order valence-corrected chi connectivity index (χ4v) is 2.96. The zero-order valence-corrected chi connectivity index (χ0v) is 13.0. The van der Waals surface area contributed by atoms with Crippen molar-refractivity contribution in [2.75, 3.05) is 39.5 Å². The quantitative estimate of drug-likeness (QED) is 0.865. The third-order valence-electron chi connectivity index (χ3n) is 3.61. The molecule has 0 radical (unpaired) electrons. The Hall–Kier alpha value is -1.07. The third kappa shape index (κ3) is 3.48. The first-order valence-corrected chi connectivity index (χ1v) is 7.25. The van der Waals surface area contributed by atoms with Gasteiger partial charge in [-0.3, -0.25) is 4.79 Å². The molecule has 104 valence electrons. The molecule has 1 aliphatic rings. The molecular weight excluding hydrogens is 306 g/mol. The minimum Gasteiger partial charge on any atom is -0.398 e. The van der Waals surface area contributed by atoms with E-state index in [4.69, 9.17) is 5.73 Å². The highest BCUT2D eigenvalue weighted by Crippen LogP contribution is 2.21. The summed E-state index contributed by atoms with van der Waals surface area (Å²) in [6.45, 7) is 2.97. The van der Waals surface area contributed by atoms with Crippen molar-refractivity contribution in [1.82, 2.24) is 9.80 Å². The van der Waals surface area contributed by atoms with Crippen LogP contribution in [-0.2, 0) is 0 Å². The summed E-state index contributed by atoms with van der Waals surface area (Å²) in [5.41, 5.74) is 7.01. The summed E-state index contributed by atoms with van der Waals surface area (Å²) in [4.78, 5) is 16.4. The van der Waals surface area contributed by atoms with Gasteiger partial charge in [0, 0.05) is 30.3 Å². The SMILES string of the molecule is CN1CCC(CN(C)C(=O)c2ccc(Br)cc2N)C1. The molecule has 1 saturated heterocycles. The Balaban J connectivity index is 2.02. The van der Waals surface area contributed by atoms with Gasteiger partial charge in [-0.1, -0.05) is 15.9 Å². The second-order valence-electron chi connectivity index (χ2n) is 5.33. The maximum absolute atomic E-state index is 12.4. The summed E-state index contributed by atoms with van der Waals surface area (Å²) < 4.78 is 0.890. The van der Waals surface area contributed by atoms with Gasteiger partial charge in [0.2, 0.25) is 0 Å². The summed E-state index contributed by atoms with van der Waals surface area (Å²) in [6.07, 6.45) is 1.16. The fraction of sp³-hybridized carbons (Fsp3) is 0.500. The van der Waals surface area contributed by atoms with E-state index in [0.717, 1.165) is 30.5 Å². The molecule has 1 heterocycles. The third-order valence-corrected chi connectivity index (χ3v) is 4.10. The van der Waals surface area contributed by atoms with E-state index in [1.54, 1.807) is 17.0 Å². The van der Waals surface area contributed by atoms with E-state index in [1.165, 1.54) is 0 Å². The number of halogens is 1. The summed E-state index contributed by atoms with van der Waals surface area (Å²) in [6, 6.07) is 5.39. The number of nitrogen functional groups attached to an aromatic ring is 1. The maximum atomic E-state index is 12.4. The molecule has 1 aliphatic heterocycles. The van der Waals surface area contributed by atoms with Crippen molar-refractivity contribution in [1.29, 1.82) is 0 Å². The topological polar surface area (TPSA) is 49.6 Å². The predicted octanol–water partition coefficient (Wildman–Crippen LogP) is 2.05. The lowest BCUT2D eigenvalue weighted by Gasteiger charge is -2.22. The van der Waals surface area contributed by atoms with Gasteiger partial charge in [0.25, 0.3) is 5.91 Å². The van der Waals surface area contributed by atoms with Gasteiger partial charge in [-0.2, -0.15) is 0 Å². The zero-order chi connectivity index (χ0) is 14.0. The van der Waals surface area contributed by atoms with Crippen LogP contribution in [0.2, 0.25) is 0 Å². The Bertz CT molecular complexity index is 478. The number of rotatable bonds is 3. The van der Waals surface area contributed by atoms with Gasteiger partial charge in [-0.25, -0.2) is 0 Å². The van der Waals surface area contributed by atoms with Crippen LogP contribution >= 0.6 is 15.9 Å². The fourth-order valence-electron chi connectivity index (χ4n) is 2.58. The van der Waals surface area contributed by atoms with Crippen molar-refractivity contribution in [3.8, 4) is 0 Å². The number of hydrogen-bond donors (Lipinski definition) is 1. The Morgan fingerprint density at radius 1 is 1.58 bits per heavy atom. The largest absolute Gasteiger partial charge is 0.398 e. The first-order chi connectivity index (χ1) is 8.97. The molecule has 1 fully saturated rings. The lowest BCUT2D eigenvalue weighted by Crippen LogP contribution is -2.33. The van der Waals surface area contributed by atoms with Crippen LogP contribution in [0.4, 0.5) is 5.69 Å². The van der Waals surface area contributed by atoms with Crippen LogP contribution in [0.15, 0.2) is 22.7 Å². The lowest BCUT2D eigenvalue weighted by molar-refractivity contribution is 0.0775. The van der Waals surface area contributed by atoms with E-state index >= 15 is 0 Å². The van der Waals surface area contributed by atoms with Gasteiger partial charge in [-0.05, 0) is 44.1 Å². The standard InChI is InChI=1S/C14H20BrN3O/c1-17-6-5-10(8-17)9-18(2)14(19)12-4-3-11(15)7-13(12)16/h3-4,7,10H,5-6,8-9,16H2,1-2H3. The molecule has 0 saturated carbocycles. The normalized spacial score (nSPS) is 19.6. The molecule has 0 aliphatic carbocycles. The number of anilines is 1. The van der Waals surface area contributed by atoms with Crippen LogP contribution in [0.5, 0.6) is 0 Å². The van der Waals surface area contributed by atoms with Crippen LogP contribution in [0.25, 0.3) is 0 Å². The molecule has 1 unspecified atom stereocenters. The van der Waals surface area contributed by atoms with Crippen LogP contribution in [0.3, 0.4) is 0 Å². The first kappa shape index (κ1) is 14.3. The van der Waals surface area contributed by atoms with Gasteiger partial charge in [0.1, 0.15) is 0 Å². The Morgan fingerprint density at radius 3 is 2.89 bits per heavy atom. The van der Waals surface area contributed by atoms with E-state index in [1.807, 2.05) is 13.1 Å². The number of benzene rings is 1. The van der Waals surface area contributed by atoms with E-state index in [-0.39, 0.29) is 5.91 Å².